The normalized spacial score (nSPS) is 9.95. The van der Waals surface area contributed by atoms with E-state index in [0.717, 1.165) is 5.56 Å². The van der Waals surface area contributed by atoms with Crippen molar-refractivity contribution in [2.24, 2.45) is 0 Å². The molecule has 0 aliphatic carbocycles. The molecule has 20 heavy (non-hydrogen) atoms. The maximum Gasteiger partial charge on any atom is 0.254 e. The van der Waals surface area contributed by atoms with Gasteiger partial charge in [-0.2, -0.15) is 0 Å². The second kappa shape index (κ2) is 7.65. The van der Waals surface area contributed by atoms with E-state index in [9.17, 15) is 4.79 Å². The summed E-state index contributed by atoms with van der Waals surface area (Å²) in [5, 5.41) is 0. The van der Waals surface area contributed by atoms with Gasteiger partial charge in [0.15, 0.2) is 0 Å². The van der Waals surface area contributed by atoms with E-state index < -0.39 is 0 Å². The van der Waals surface area contributed by atoms with Gasteiger partial charge in [-0.25, -0.2) is 0 Å². The highest BCUT2D eigenvalue weighted by Gasteiger charge is 2.18. The Morgan fingerprint density at radius 2 is 1.70 bits per heavy atom. The van der Waals surface area contributed by atoms with Crippen LogP contribution < -0.4 is 0 Å². The van der Waals surface area contributed by atoms with Crippen molar-refractivity contribution in [3.05, 3.63) is 66.0 Å². The molecule has 0 fully saturated rings. The monoisotopic (exact) mass is 290 g/mol. The van der Waals surface area contributed by atoms with Crippen LogP contribution in [0.3, 0.4) is 0 Å². The van der Waals surface area contributed by atoms with Crippen molar-refractivity contribution >= 4 is 18.3 Å². The summed E-state index contributed by atoms with van der Waals surface area (Å²) in [7, 11) is 0. The molecule has 0 aliphatic heterocycles. The molecule has 0 aliphatic rings. The van der Waals surface area contributed by atoms with E-state index in [2.05, 4.69) is 4.98 Å². The Morgan fingerprint density at radius 3 is 2.25 bits per heavy atom. The number of aromatic nitrogens is 1. The zero-order chi connectivity index (χ0) is 13.7. The first-order valence-electron chi connectivity index (χ1n) is 6.43. The van der Waals surface area contributed by atoms with Crippen LogP contribution in [0, 0.1) is 0 Å². The third kappa shape index (κ3) is 4.07. The van der Waals surface area contributed by atoms with Gasteiger partial charge in [0.25, 0.3) is 5.91 Å². The third-order valence-electron chi connectivity index (χ3n) is 3.01. The fourth-order valence-corrected chi connectivity index (χ4v) is 1.93. The van der Waals surface area contributed by atoms with Crippen LogP contribution in [0.1, 0.15) is 29.8 Å². The van der Waals surface area contributed by atoms with Crippen molar-refractivity contribution in [2.45, 2.75) is 26.4 Å². The summed E-state index contributed by atoms with van der Waals surface area (Å²) < 4.78 is 0. The zero-order valence-electron chi connectivity index (χ0n) is 11.7. The largest absolute Gasteiger partial charge is 0.332 e. The third-order valence-corrected chi connectivity index (χ3v) is 3.01. The fraction of sp³-hybridized carbons (Fsp3) is 0.250. The fourth-order valence-electron chi connectivity index (χ4n) is 1.93. The maximum absolute atomic E-state index is 12.5. The van der Waals surface area contributed by atoms with Gasteiger partial charge in [0.2, 0.25) is 0 Å². The zero-order valence-corrected chi connectivity index (χ0v) is 12.5. The minimum atomic E-state index is 0. The molecule has 0 spiro atoms. The van der Waals surface area contributed by atoms with Crippen molar-refractivity contribution in [3.8, 4) is 0 Å². The van der Waals surface area contributed by atoms with E-state index >= 15 is 0 Å². The second-order valence-electron chi connectivity index (χ2n) is 4.75. The number of benzene rings is 1. The highest BCUT2D eigenvalue weighted by molar-refractivity contribution is 5.94. The van der Waals surface area contributed by atoms with Crippen LogP contribution in [0.25, 0.3) is 0 Å². The van der Waals surface area contributed by atoms with E-state index in [0.29, 0.717) is 12.1 Å². The van der Waals surface area contributed by atoms with Gasteiger partial charge in [-0.1, -0.05) is 30.3 Å². The summed E-state index contributed by atoms with van der Waals surface area (Å²) in [6.45, 7) is 4.68. The topological polar surface area (TPSA) is 33.2 Å². The highest BCUT2D eigenvalue weighted by Crippen LogP contribution is 2.12. The summed E-state index contributed by atoms with van der Waals surface area (Å²) in [6.07, 6.45) is 3.29. The van der Waals surface area contributed by atoms with Gasteiger partial charge in [0.05, 0.1) is 0 Å². The van der Waals surface area contributed by atoms with Crippen LogP contribution in [0.4, 0.5) is 0 Å². The summed E-state index contributed by atoms with van der Waals surface area (Å²) in [5.41, 5.74) is 1.82. The number of carbonyl (C=O) groups is 1. The Balaban J connectivity index is 0.00000200. The Bertz CT molecular complexity index is 529. The highest BCUT2D eigenvalue weighted by atomic mass is 35.5. The Morgan fingerprint density at radius 1 is 1.10 bits per heavy atom. The van der Waals surface area contributed by atoms with Gasteiger partial charge >= 0.3 is 0 Å². The molecular weight excluding hydrogens is 272 g/mol. The SMILES string of the molecule is CC(C)N(Cc1ccccc1)C(=O)c1ccncc1.Cl. The lowest BCUT2D eigenvalue weighted by Crippen LogP contribution is -2.36. The number of hydrogen-bond donors (Lipinski definition) is 0. The molecule has 2 rings (SSSR count). The maximum atomic E-state index is 12.5. The minimum Gasteiger partial charge on any atom is -0.332 e. The van der Waals surface area contributed by atoms with Crippen LogP contribution in [-0.2, 0) is 6.54 Å². The molecule has 0 N–H and O–H groups in total. The molecule has 0 bridgehead atoms. The Labute approximate surface area is 126 Å². The average Bonchev–Trinajstić information content (AvgIpc) is 2.46. The molecular formula is C16H19ClN2O. The predicted octanol–water partition coefficient (Wildman–Crippen LogP) is 3.55. The van der Waals surface area contributed by atoms with Gasteiger partial charge < -0.3 is 4.90 Å². The van der Waals surface area contributed by atoms with E-state index in [1.54, 1.807) is 24.5 Å². The van der Waals surface area contributed by atoms with Gasteiger partial charge in [0.1, 0.15) is 0 Å². The summed E-state index contributed by atoms with van der Waals surface area (Å²) in [4.78, 5) is 18.3. The minimum absolute atomic E-state index is 0. The number of pyridine rings is 1. The number of nitrogens with zero attached hydrogens (tertiary/aromatic N) is 2. The average molecular weight is 291 g/mol. The molecule has 1 aromatic carbocycles. The Hall–Kier alpha value is -1.87. The number of halogens is 1. The molecule has 2 aromatic rings. The van der Waals surface area contributed by atoms with Gasteiger partial charge in [-0.05, 0) is 31.5 Å². The van der Waals surface area contributed by atoms with Crippen LogP contribution in [-0.4, -0.2) is 21.8 Å². The number of carbonyl (C=O) groups excluding carboxylic acids is 1. The lowest BCUT2D eigenvalue weighted by molar-refractivity contribution is 0.0690. The molecule has 0 saturated carbocycles. The summed E-state index contributed by atoms with van der Waals surface area (Å²) >= 11 is 0. The molecule has 0 atom stereocenters. The van der Waals surface area contributed by atoms with Crippen molar-refractivity contribution in [2.75, 3.05) is 0 Å². The molecule has 0 saturated heterocycles. The number of amides is 1. The number of rotatable bonds is 4. The molecule has 3 nitrogen and oxygen atoms in total. The van der Waals surface area contributed by atoms with E-state index in [1.807, 2.05) is 49.1 Å². The Kier molecular flexibility index (Phi) is 6.19. The van der Waals surface area contributed by atoms with E-state index in [4.69, 9.17) is 0 Å². The van der Waals surface area contributed by atoms with Crippen molar-refractivity contribution in [1.29, 1.82) is 0 Å². The first-order chi connectivity index (χ1) is 9.18. The molecule has 0 radical (unpaired) electrons. The van der Waals surface area contributed by atoms with E-state index in [-0.39, 0.29) is 24.4 Å². The van der Waals surface area contributed by atoms with Crippen LogP contribution in [0.15, 0.2) is 54.9 Å². The molecule has 0 unspecified atom stereocenters. The number of hydrogen-bond acceptors (Lipinski definition) is 2. The first kappa shape index (κ1) is 16.2. The van der Waals surface area contributed by atoms with Gasteiger partial charge in [0, 0.05) is 30.5 Å². The summed E-state index contributed by atoms with van der Waals surface area (Å²) in [6, 6.07) is 13.7. The standard InChI is InChI=1S/C16H18N2O.ClH/c1-13(2)18(12-14-6-4-3-5-7-14)16(19)15-8-10-17-11-9-15;/h3-11,13H,12H2,1-2H3;1H. The van der Waals surface area contributed by atoms with Crippen LogP contribution >= 0.6 is 12.4 Å². The van der Waals surface area contributed by atoms with Gasteiger partial charge in [-0.3, -0.25) is 9.78 Å². The lowest BCUT2D eigenvalue weighted by atomic mass is 10.1. The van der Waals surface area contributed by atoms with Crippen molar-refractivity contribution < 1.29 is 4.79 Å². The predicted molar refractivity (Wildman–Crippen MR) is 82.9 cm³/mol. The molecule has 1 amide bonds. The summed E-state index contributed by atoms with van der Waals surface area (Å²) in [5.74, 6) is 0.0428. The quantitative estimate of drug-likeness (QED) is 0.863. The molecule has 1 aromatic heterocycles. The van der Waals surface area contributed by atoms with Crippen LogP contribution in [0.2, 0.25) is 0 Å². The van der Waals surface area contributed by atoms with E-state index in [1.165, 1.54) is 0 Å². The molecule has 106 valence electrons. The molecule has 1 heterocycles. The van der Waals surface area contributed by atoms with Gasteiger partial charge in [-0.15, -0.1) is 12.4 Å². The smallest absolute Gasteiger partial charge is 0.254 e. The second-order valence-corrected chi connectivity index (χ2v) is 4.75. The van der Waals surface area contributed by atoms with Crippen molar-refractivity contribution in [1.82, 2.24) is 9.88 Å². The molecule has 4 heteroatoms. The van der Waals surface area contributed by atoms with Crippen LogP contribution in [0.5, 0.6) is 0 Å². The van der Waals surface area contributed by atoms with Crippen molar-refractivity contribution in [3.63, 3.8) is 0 Å². The lowest BCUT2D eigenvalue weighted by Gasteiger charge is -2.27. The first-order valence-corrected chi connectivity index (χ1v) is 6.43.